The predicted molar refractivity (Wildman–Crippen MR) is 92.1 cm³/mol. The lowest BCUT2D eigenvalue weighted by Gasteiger charge is -2.12. The summed E-state index contributed by atoms with van der Waals surface area (Å²) in [5.41, 5.74) is 4.62. The van der Waals surface area contributed by atoms with Crippen molar-refractivity contribution in [3.8, 4) is 11.4 Å². The Bertz CT molecular complexity index is 1050. The van der Waals surface area contributed by atoms with Gasteiger partial charge >= 0.3 is 6.09 Å². The lowest BCUT2D eigenvalue weighted by molar-refractivity contribution is 0.181. The molecule has 118 valence electrons. The fraction of sp³-hybridized carbons (Fsp3) is 0.111. The maximum atomic E-state index is 11.8. The summed E-state index contributed by atoms with van der Waals surface area (Å²) < 4.78 is 5.03. The highest BCUT2D eigenvalue weighted by Crippen LogP contribution is 2.31. The van der Waals surface area contributed by atoms with Crippen LogP contribution in [0.5, 0.6) is 0 Å². The molecule has 0 atom stereocenters. The van der Waals surface area contributed by atoms with Gasteiger partial charge in [-0.25, -0.2) is 4.79 Å². The molecule has 2 N–H and O–H groups in total. The third kappa shape index (κ3) is 1.89. The van der Waals surface area contributed by atoms with Crippen molar-refractivity contribution in [2.24, 2.45) is 0 Å². The second-order valence-corrected chi connectivity index (χ2v) is 5.84. The van der Waals surface area contributed by atoms with E-state index in [1.54, 1.807) is 4.90 Å². The lowest BCUT2D eigenvalue weighted by atomic mass is 10.1. The Hall–Kier alpha value is -3.28. The van der Waals surface area contributed by atoms with Crippen LogP contribution in [0.25, 0.3) is 33.2 Å². The summed E-state index contributed by atoms with van der Waals surface area (Å²) in [4.78, 5) is 16.8. The van der Waals surface area contributed by atoms with Crippen LogP contribution in [0.15, 0.2) is 48.5 Å². The van der Waals surface area contributed by atoms with E-state index in [1.165, 1.54) is 0 Å². The summed E-state index contributed by atoms with van der Waals surface area (Å²) in [6.07, 6.45) is -0.301. The second kappa shape index (κ2) is 4.86. The quantitative estimate of drug-likeness (QED) is 0.592. The molecule has 1 fully saturated rings. The minimum atomic E-state index is -0.301. The van der Waals surface area contributed by atoms with E-state index >= 15 is 0 Å². The number of hydrogen-bond acceptors (Lipinski definition) is 3. The van der Waals surface area contributed by atoms with Gasteiger partial charge in [0.2, 0.25) is 0 Å². The Morgan fingerprint density at radius 2 is 2.00 bits per heavy atom. The fourth-order valence-corrected chi connectivity index (χ4v) is 3.20. The van der Waals surface area contributed by atoms with Crippen LogP contribution in [0.1, 0.15) is 0 Å². The average molecular weight is 318 g/mol. The number of fused-ring (bicyclic) bond motifs is 2. The monoisotopic (exact) mass is 318 g/mol. The van der Waals surface area contributed by atoms with Crippen molar-refractivity contribution in [2.75, 3.05) is 18.1 Å². The van der Waals surface area contributed by atoms with Gasteiger partial charge in [0.05, 0.1) is 17.8 Å². The Balaban J connectivity index is 1.66. The van der Waals surface area contributed by atoms with Gasteiger partial charge in [-0.1, -0.05) is 18.2 Å². The SMILES string of the molecule is O=C1OCCN1c1ccc2[nH]nc(-c3cc4ccccc4[nH]3)c2c1. The summed E-state index contributed by atoms with van der Waals surface area (Å²) in [7, 11) is 0. The van der Waals surface area contributed by atoms with Crippen molar-refractivity contribution in [3.05, 3.63) is 48.5 Å². The molecule has 2 aromatic heterocycles. The fourth-order valence-electron chi connectivity index (χ4n) is 3.20. The Kier molecular flexibility index (Phi) is 2.67. The van der Waals surface area contributed by atoms with Crippen LogP contribution >= 0.6 is 0 Å². The molecule has 1 aliphatic heterocycles. The van der Waals surface area contributed by atoms with Gasteiger partial charge in [0, 0.05) is 22.0 Å². The van der Waals surface area contributed by atoms with Gasteiger partial charge in [0.25, 0.3) is 0 Å². The molecule has 0 radical (unpaired) electrons. The molecule has 1 saturated heterocycles. The van der Waals surface area contributed by atoms with Crippen LogP contribution in [-0.2, 0) is 4.74 Å². The average Bonchev–Trinajstić information content (AvgIpc) is 3.30. The van der Waals surface area contributed by atoms with E-state index in [1.807, 2.05) is 36.4 Å². The van der Waals surface area contributed by atoms with Gasteiger partial charge < -0.3 is 9.72 Å². The van der Waals surface area contributed by atoms with Crippen molar-refractivity contribution >= 4 is 33.6 Å². The highest BCUT2D eigenvalue weighted by atomic mass is 16.6. The van der Waals surface area contributed by atoms with Crippen molar-refractivity contribution in [1.82, 2.24) is 15.2 Å². The maximum absolute atomic E-state index is 11.8. The van der Waals surface area contributed by atoms with Crippen LogP contribution in [0, 0.1) is 0 Å². The van der Waals surface area contributed by atoms with Gasteiger partial charge in [0.15, 0.2) is 0 Å². The first-order valence-corrected chi connectivity index (χ1v) is 7.80. The molecular weight excluding hydrogens is 304 g/mol. The first kappa shape index (κ1) is 13.2. The van der Waals surface area contributed by atoms with Crippen molar-refractivity contribution in [1.29, 1.82) is 0 Å². The molecule has 0 aliphatic carbocycles. The number of aromatic nitrogens is 3. The van der Waals surface area contributed by atoms with E-state index in [0.717, 1.165) is 38.9 Å². The van der Waals surface area contributed by atoms with Gasteiger partial charge in [-0.15, -0.1) is 0 Å². The topological polar surface area (TPSA) is 74.0 Å². The summed E-state index contributed by atoms with van der Waals surface area (Å²) in [5, 5.41) is 9.62. The molecule has 3 heterocycles. The number of para-hydroxylation sites is 1. The third-order valence-electron chi connectivity index (χ3n) is 4.40. The number of carbonyl (C=O) groups is 1. The molecular formula is C18H14N4O2. The normalized spacial score (nSPS) is 14.7. The van der Waals surface area contributed by atoms with Crippen LogP contribution < -0.4 is 4.90 Å². The number of aromatic amines is 2. The molecule has 0 unspecified atom stereocenters. The van der Waals surface area contributed by atoms with E-state index in [4.69, 9.17) is 4.74 Å². The highest BCUT2D eigenvalue weighted by molar-refractivity contribution is 5.99. The number of benzene rings is 2. The number of H-pyrrole nitrogens is 2. The van der Waals surface area contributed by atoms with E-state index in [-0.39, 0.29) is 6.09 Å². The molecule has 1 amide bonds. The second-order valence-electron chi connectivity index (χ2n) is 5.84. The number of anilines is 1. The number of hydrogen-bond donors (Lipinski definition) is 2. The van der Waals surface area contributed by atoms with E-state index in [0.29, 0.717) is 13.2 Å². The lowest BCUT2D eigenvalue weighted by Crippen LogP contribution is -2.23. The summed E-state index contributed by atoms with van der Waals surface area (Å²) in [6, 6.07) is 16.0. The number of amides is 1. The van der Waals surface area contributed by atoms with Crippen LogP contribution in [0.2, 0.25) is 0 Å². The molecule has 1 aliphatic rings. The summed E-state index contributed by atoms with van der Waals surface area (Å²) in [5.74, 6) is 0. The first-order chi connectivity index (χ1) is 11.8. The van der Waals surface area contributed by atoms with Crippen LogP contribution in [0.3, 0.4) is 0 Å². The standard InChI is InChI=1S/C18H14N4O2/c23-18-22(7-8-24-18)12-5-6-15-13(10-12)17(21-20-15)16-9-11-3-1-2-4-14(11)19-16/h1-6,9-10,19H,7-8H2,(H,20,21). The van der Waals surface area contributed by atoms with E-state index in [9.17, 15) is 4.79 Å². The van der Waals surface area contributed by atoms with Crippen molar-refractivity contribution in [2.45, 2.75) is 0 Å². The molecule has 2 aromatic carbocycles. The Morgan fingerprint density at radius 3 is 2.83 bits per heavy atom. The Labute approximate surface area is 137 Å². The zero-order valence-corrected chi connectivity index (χ0v) is 12.7. The molecule has 6 heteroatoms. The first-order valence-electron chi connectivity index (χ1n) is 7.80. The third-order valence-corrected chi connectivity index (χ3v) is 4.40. The number of nitrogens with zero attached hydrogens (tertiary/aromatic N) is 2. The number of rotatable bonds is 2. The van der Waals surface area contributed by atoms with Crippen LogP contribution in [-0.4, -0.2) is 34.4 Å². The molecule has 0 bridgehead atoms. The number of carbonyl (C=O) groups excluding carboxylic acids is 1. The molecule has 5 rings (SSSR count). The zero-order valence-electron chi connectivity index (χ0n) is 12.7. The summed E-state index contributed by atoms with van der Waals surface area (Å²) >= 11 is 0. The number of ether oxygens (including phenoxy) is 1. The molecule has 24 heavy (non-hydrogen) atoms. The van der Waals surface area contributed by atoms with E-state index in [2.05, 4.69) is 27.3 Å². The largest absolute Gasteiger partial charge is 0.447 e. The predicted octanol–water partition coefficient (Wildman–Crippen LogP) is 3.67. The molecule has 6 nitrogen and oxygen atoms in total. The van der Waals surface area contributed by atoms with E-state index < -0.39 is 0 Å². The highest BCUT2D eigenvalue weighted by Gasteiger charge is 2.24. The molecule has 0 spiro atoms. The molecule has 4 aromatic rings. The zero-order chi connectivity index (χ0) is 16.1. The number of nitrogens with one attached hydrogen (secondary N) is 2. The van der Waals surface area contributed by atoms with Gasteiger partial charge in [-0.2, -0.15) is 5.10 Å². The Morgan fingerprint density at radius 1 is 1.08 bits per heavy atom. The van der Waals surface area contributed by atoms with Crippen molar-refractivity contribution in [3.63, 3.8) is 0 Å². The minimum Gasteiger partial charge on any atom is -0.447 e. The van der Waals surface area contributed by atoms with Crippen LogP contribution in [0.4, 0.5) is 10.5 Å². The van der Waals surface area contributed by atoms with Gasteiger partial charge in [0.1, 0.15) is 12.3 Å². The number of cyclic esters (lactones) is 1. The van der Waals surface area contributed by atoms with Gasteiger partial charge in [-0.3, -0.25) is 10.00 Å². The van der Waals surface area contributed by atoms with Gasteiger partial charge in [-0.05, 0) is 30.3 Å². The summed E-state index contributed by atoms with van der Waals surface area (Å²) in [6.45, 7) is 1.00. The maximum Gasteiger partial charge on any atom is 0.414 e. The smallest absolute Gasteiger partial charge is 0.414 e. The molecule has 0 saturated carbocycles. The minimum absolute atomic E-state index is 0.301. The van der Waals surface area contributed by atoms with Crippen molar-refractivity contribution < 1.29 is 9.53 Å².